The van der Waals surface area contributed by atoms with E-state index in [2.05, 4.69) is 0 Å². The van der Waals surface area contributed by atoms with E-state index in [0.717, 1.165) is 6.42 Å². The van der Waals surface area contributed by atoms with Crippen molar-refractivity contribution >= 4 is 0 Å². The minimum absolute atomic E-state index is 0.0703. The molecule has 0 aliphatic heterocycles. The van der Waals surface area contributed by atoms with Gasteiger partial charge in [-0.15, -0.1) is 0 Å². The third kappa shape index (κ3) is 5.21. The van der Waals surface area contributed by atoms with Gasteiger partial charge in [0.2, 0.25) is 0 Å². The lowest BCUT2D eigenvalue weighted by molar-refractivity contribution is -0.0268. The average Bonchev–Trinajstić information content (AvgIpc) is 1.94. The van der Waals surface area contributed by atoms with E-state index in [1.54, 1.807) is 6.92 Å². The minimum atomic E-state index is -1.17. The maximum atomic E-state index is 9.63. The fourth-order valence-electron chi connectivity index (χ4n) is 1.41. The van der Waals surface area contributed by atoms with Crippen LogP contribution in [0.15, 0.2) is 0 Å². The maximum Gasteiger partial charge on any atom is 0.126 e. The second kappa shape index (κ2) is 5.54. The summed E-state index contributed by atoms with van der Waals surface area (Å²) < 4.78 is 5.22. The largest absolute Gasteiger partial charge is 0.382 e. The van der Waals surface area contributed by atoms with Gasteiger partial charge < -0.3 is 20.5 Å². The Bertz CT molecular complexity index is 132. The maximum absolute atomic E-state index is 9.63. The Morgan fingerprint density at radius 3 is 2.38 bits per heavy atom. The number of rotatable bonds is 6. The van der Waals surface area contributed by atoms with E-state index >= 15 is 0 Å². The lowest BCUT2D eigenvalue weighted by Gasteiger charge is -2.34. The molecule has 0 aromatic carbocycles. The summed E-state index contributed by atoms with van der Waals surface area (Å²) in [6, 6.07) is -0.0703. The first-order chi connectivity index (χ1) is 5.89. The molecule has 0 amide bonds. The molecule has 0 heterocycles. The first kappa shape index (κ1) is 12.8. The zero-order valence-corrected chi connectivity index (χ0v) is 9.08. The van der Waals surface area contributed by atoms with Crippen LogP contribution >= 0.6 is 0 Å². The molecule has 80 valence electrons. The van der Waals surface area contributed by atoms with Crippen LogP contribution in [0, 0.1) is 0 Å². The first-order valence-electron chi connectivity index (χ1n) is 4.65. The van der Waals surface area contributed by atoms with E-state index in [9.17, 15) is 5.11 Å². The molecule has 13 heavy (non-hydrogen) atoms. The molecule has 0 aliphatic rings. The van der Waals surface area contributed by atoms with E-state index in [1.165, 1.54) is 0 Å². The molecule has 0 aromatic rings. The Labute approximate surface area is 80.7 Å². The number of aliphatic hydroxyl groups is 1. The number of hydrogen-bond acceptors (Lipinski definition) is 4. The van der Waals surface area contributed by atoms with E-state index in [0.29, 0.717) is 13.2 Å². The van der Waals surface area contributed by atoms with Gasteiger partial charge in [0, 0.05) is 13.2 Å². The summed E-state index contributed by atoms with van der Waals surface area (Å²) in [7, 11) is 3.80. The monoisotopic (exact) mass is 190 g/mol. The molecule has 0 aliphatic carbocycles. The standard InChI is InChI=1S/C9H22N2O2/c1-5-13-7-6-8(11(3)4)9(2,10)12/h8,12H,5-7,10H2,1-4H3. The van der Waals surface area contributed by atoms with Gasteiger partial charge in [0.05, 0.1) is 6.04 Å². The minimum Gasteiger partial charge on any atom is -0.382 e. The van der Waals surface area contributed by atoms with Crippen molar-refractivity contribution < 1.29 is 9.84 Å². The number of ether oxygens (including phenoxy) is 1. The zero-order valence-electron chi connectivity index (χ0n) is 9.08. The topological polar surface area (TPSA) is 58.7 Å². The normalized spacial score (nSPS) is 18.7. The molecule has 0 fully saturated rings. The Kier molecular flexibility index (Phi) is 5.48. The molecule has 0 bridgehead atoms. The van der Waals surface area contributed by atoms with Gasteiger partial charge in [-0.25, -0.2) is 0 Å². The second-order valence-electron chi connectivity index (χ2n) is 3.69. The van der Waals surface area contributed by atoms with Crippen molar-refractivity contribution in [3.8, 4) is 0 Å². The number of nitrogens with zero attached hydrogens (tertiary/aromatic N) is 1. The summed E-state index contributed by atoms with van der Waals surface area (Å²) in [4.78, 5) is 1.92. The summed E-state index contributed by atoms with van der Waals surface area (Å²) in [6.45, 7) is 4.90. The quantitative estimate of drug-likeness (QED) is 0.457. The van der Waals surface area contributed by atoms with Gasteiger partial charge in [0.15, 0.2) is 0 Å². The summed E-state index contributed by atoms with van der Waals surface area (Å²) in [5, 5.41) is 9.63. The van der Waals surface area contributed by atoms with Crippen LogP contribution in [0.1, 0.15) is 20.3 Å². The van der Waals surface area contributed by atoms with E-state index in [4.69, 9.17) is 10.5 Å². The fourth-order valence-corrected chi connectivity index (χ4v) is 1.41. The van der Waals surface area contributed by atoms with Gasteiger partial charge in [-0.1, -0.05) is 0 Å². The SMILES string of the molecule is CCOCCC(N(C)C)C(C)(N)O. The highest BCUT2D eigenvalue weighted by Gasteiger charge is 2.28. The van der Waals surface area contributed by atoms with Crippen molar-refractivity contribution in [3.05, 3.63) is 0 Å². The molecule has 2 atom stereocenters. The molecule has 0 saturated carbocycles. The lowest BCUT2D eigenvalue weighted by atomic mass is 10.0. The van der Waals surface area contributed by atoms with Gasteiger partial charge in [-0.2, -0.15) is 0 Å². The fraction of sp³-hybridized carbons (Fsp3) is 1.00. The van der Waals surface area contributed by atoms with Crippen LogP contribution in [0.3, 0.4) is 0 Å². The van der Waals surface area contributed by atoms with Gasteiger partial charge >= 0.3 is 0 Å². The van der Waals surface area contributed by atoms with Crippen molar-refractivity contribution in [2.24, 2.45) is 5.73 Å². The van der Waals surface area contributed by atoms with Gasteiger partial charge in [-0.05, 0) is 34.4 Å². The Balaban J connectivity index is 3.97. The van der Waals surface area contributed by atoms with Crippen molar-refractivity contribution in [2.75, 3.05) is 27.3 Å². The second-order valence-corrected chi connectivity index (χ2v) is 3.69. The highest BCUT2D eigenvalue weighted by Crippen LogP contribution is 2.11. The van der Waals surface area contributed by atoms with Crippen LogP contribution in [0.4, 0.5) is 0 Å². The van der Waals surface area contributed by atoms with Gasteiger partial charge in [0.1, 0.15) is 5.72 Å². The van der Waals surface area contributed by atoms with E-state index in [-0.39, 0.29) is 6.04 Å². The molecular weight excluding hydrogens is 168 g/mol. The summed E-state index contributed by atoms with van der Waals surface area (Å²) >= 11 is 0. The van der Waals surface area contributed by atoms with Crippen LogP contribution in [0.25, 0.3) is 0 Å². The zero-order chi connectivity index (χ0) is 10.5. The lowest BCUT2D eigenvalue weighted by Crippen LogP contribution is -2.54. The molecule has 2 unspecified atom stereocenters. The first-order valence-corrected chi connectivity index (χ1v) is 4.65. The van der Waals surface area contributed by atoms with Crippen LogP contribution in [0.5, 0.6) is 0 Å². The smallest absolute Gasteiger partial charge is 0.126 e. The van der Waals surface area contributed by atoms with E-state index < -0.39 is 5.72 Å². The van der Waals surface area contributed by atoms with Crippen LogP contribution < -0.4 is 5.73 Å². The Morgan fingerprint density at radius 2 is 2.08 bits per heavy atom. The van der Waals surface area contributed by atoms with Crippen molar-refractivity contribution in [2.45, 2.75) is 32.0 Å². The predicted molar refractivity (Wildman–Crippen MR) is 53.4 cm³/mol. The Morgan fingerprint density at radius 1 is 1.54 bits per heavy atom. The highest BCUT2D eigenvalue weighted by molar-refractivity contribution is 4.81. The van der Waals surface area contributed by atoms with Crippen molar-refractivity contribution in [1.82, 2.24) is 4.90 Å². The molecule has 0 saturated heterocycles. The van der Waals surface area contributed by atoms with Crippen molar-refractivity contribution in [3.63, 3.8) is 0 Å². The molecule has 3 N–H and O–H groups in total. The average molecular weight is 190 g/mol. The van der Waals surface area contributed by atoms with Crippen LogP contribution in [-0.2, 0) is 4.74 Å². The number of nitrogens with two attached hydrogens (primary N) is 1. The summed E-state index contributed by atoms with van der Waals surface area (Å²) in [6.07, 6.45) is 0.740. The van der Waals surface area contributed by atoms with Gasteiger partial charge in [0.25, 0.3) is 0 Å². The van der Waals surface area contributed by atoms with Crippen LogP contribution in [0.2, 0.25) is 0 Å². The third-order valence-corrected chi connectivity index (χ3v) is 2.04. The Hall–Kier alpha value is -0.160. The third-order valence-electron chi connectivity index (χ3n) is 2.04. The highest BCUT2D eigenvalue weighted by atomic mass is 16.5. The van der Waals surface area contributed by atoms with Crippen molar-refractivity contribution in [1.29, 1.82) is 0 Å². The molecule has 0 aromatic heterocycles. The molecule has 4 nitrogen and oxygen atoms in total. The number of likely N-dealkylation sites (N-methyl/N-ethyl adjacent to an activating group) is 1. The predicted octanol–water partition coefficient (Wildman–Crippen LogP) is 0.0104. The van der Waals surface area contributed by atoms with E-state index in [1.807, 2.05) is 25.9 Å². The number of hydrogen-bond donors (Lipinski definition) is 2. The molecule has 0 radical (unpaired) electrons. The molecule has 0 spiro atoms. The summed E-state index contributed by atoms with van der Waals surface area (Å²) in [5.74, 6) is 0. The molecular formula is C9H22N2O2. The summed E-state index contributed by atoms with van der Waals surface area (Å²) in [5.41, 5.74) is 4.46. The van der Waals surface area contributed by atoms with Crippen LogP contribution in [-0.4, -0.2) is 49.1 Å². The van der Waals surface area contributed by atoms with Gasteiger partial charge in [-0.3, -0.25) is 0 Å². The molecule has 4 heteroatoms. The molecule has 0 rings (SSSR count).